The maximum Gasteiger partial charge on any atom is 0.239 e. The van der Waals surface area contributed by atoms with E-state index in [1.54, 1.807) is 18.5 Å². The summed E-state index contributed by atoms with van der Waals surface area (Å²) in [5.41, 5.74) is 3.34. The van der Waals surface area contributed by atoms with Crippen molar-refractivity contribution in [3.63, 3.8) is 0 Å². The molecule has 0 aliphatic heterocycles. The normalized spacial score (nSPS) is 9.81. The summed E-state index contributed by atoms with van der Waals surface area (Å²) in [6.07, 6.45) is 3.38. The molecule has 6 nitrogen and oxygen atoms in total. The van der Waals surface area contributed by atoms with Gasteiger partial charge in [0.15, 0.2) is 0 Å². The van der Waals surface area contributed by atoms with Gasteiger partial charge in [-0.1, -0.05) is 6.07 Å². The van der Waals surface area contributed by atoms with Gasteiger partial charge in [0.2, 0.25) is 5.95 Å². The molecule has 0 aliphatic carbocycles. The van der Waals surface area contributed by atoms with Gasteiger partial charge in [-0.2, -0.15) is 4.98 Å². The third kappa shape index (κ3) is 2.64. The van der Waals surface area contributed by atoms with Gasteiger partial charge in [0.05, 0.1) is 12.2 Å². The van der Waals surface area contributed by atoms with Gasteiger partial charge in [0, 0.05) is 12.4 Å². The molecule has 0 bridgehead atoms. The molecule has 2 aromatic heterocycles. The number of nitrogens with one attached hydrogen (secondary N) is 2. The average molecular weight is 216 g/mol. The highest BCUT2D eigenvalue weighted by Crippen LogP contribution is 2.05. The number of rotatable bonds is 4. The zero-order chi connectivity index (χ0) is 11.2. The topological polar surface area (TPSA) is 88.8 Å². The summed E-state index contributed by atoms with van der Waals surface area (Å²) in [6.45, 7) is 0.613. The third-order valence-electron chi connectivity index (χ3n) is 1.96. The van der Waals surface area contributed by atoms with Crippen molar-refractivity contribution in [1.29, 1.82) is 0 Å². The Morgan fingerprint density at radius 2 is 2.06 bits per heavy atom. The lowest BCUT2D eigenvalue weighted by Crippen LogP contribution is -2.11. The van der Waals surface area contributed by atoms with Gasteiger partial charge in [0.1, 0.15) is 5.82 Å². The zero-order valence-electron chi connectivity index (χ0n) is 8.59. The Hall–Kier alpha value is -2.21. The van der Waals surface area contributed by atoms with Crippen LogP contribution < -0.4 is 16.6 Å². The minimum Gasteiger partial charge on any atom is -0.364 e. The molecule has 0 radical (unpaired) electrons. The van der Waals surface area contributed by atoms with Gasteiger partial charge in [0.25, 0.3) is 0 Å². The number of anilines is 2. The zero-order valence-corrected chi connectivity index (χ0v) is 8.59. The Morgan fingerprint density at radius 3 is 2.81 bits per heavy atom. The Balaban J connectivity index is 1.99. The summed E-state index contributed by atoms with van der Waals surface area (Å²) < 4.78 is 0. The summed E-state index contributed by atoms with van der Waals surface area (Å²) in [7, 11) is 0. The number of nitrogen functional groups attached to an aromatic ring is 1. The molecule has 0 saturated carbocycles. The number of hydrazine groups is 1. The molecule has 82 valence electrons. The molecular formula is C10H12N6. The van der Waals surface area contributed by atoms with Gasteiger partial charge in [-0.05, 0) is 18.2 Å². The molecule has 2 heterocycles. The van der Waals surface area contributed by atoms with Crippen molar-refractivity contribution < 1.29 is 0 Å². The first kappa shape index (κ1) is 10.3. The third-order valence-corrected chi connectivity index (χ3v) is 1.96. The van der Waals surface area contributed by atoms with E-state index in [2.05, 4.69) is 25.7 Å². The standard InChI is InChI=1S/C10H12N6/c11-16-10-13-6-4-9(15-10)14-7-8-3-1-2-5-12-8/h1-6H,7,11H2,(H2,13,14,15,16). The highest BCUT2D eigenvalue weighted by Gasteiger charge is 1.97. The van der Waals surface area contributed by atoms with E-state index < -0.39 is 0 Å². The summed E-state index contributed by atoms with van der Waals surface area (Å²) in [5.74, 6) is 6.29. The van der Waals surface area contributed by atoms with Crippen LogP contribution in [0, 0.1) is 0 Å². The fourth-order valence-electron chi connectivity index (χ4n) is 1.21. The lowest BCUT2D eigenvalue weighted by molar-refractivity contribution is 1.02. The smallest absolute Gasteiger partial charge is 0.239 e. The first-order valence-corrected chi connectivity index (χ1v) is 4.82. The fourth-order valence-corrected chi connectivity index (χ4v) is 1.21. The number of nitrogens with zero attached hydrogens (tertiary/aromatic N) is 3. The monoisotopic (exact) mass is 216 g/mol. The molecule has 0 aromatic carbocycles. The number of nitrogens with two attached hydrogens (primary N) is 1. The molecule has 0 unspecified atom stereocenters. The molecule has 4 N–H and O–H groups in total. The van der Waals surface area contributed by atoms with E-state index in [-0.39, 0.29) is 0 Å². The van der Waals surface area contributed by atoms with Crippen molar-refractivity contribution in [3.05, 3.63) is 42.4 Å². The van der Waals surface area contributed by atoms with Crippen LogP contribution >= 0.6 is 0 Å². The maximum atomic E-state index is 5.21. The highest BCUT2D eigenvalue weighted by molar-refractivity contribution is 5.39. The van der Waals surface area contributed by atoms with Crippen LogP contribution in [-0.2, 0) is 6.54 Å². The van der Waals surface area contributed by atoms with Crippen LogP contribution in [0.25, 0.3) is 0 Å². The van der Waals surface area contributed by atoms with Crippen LogP contribution in [0.3, 0.4) is 0 Å². The molecule has 0 aliphatic rings. The van der Waals surface area contributed by atoms with E-state index >= 15 is 0 Å². The van der Waals surface area contributed by atoms with E-state index in [0.29, 0.717) is 18.3 Å². The molecule has 0 saturated heterocycles. The first-order valence-electron chi connectivity index (χ1n) is 4.82. The van der Waals surface area contributed by atoms with Gasteiger partial charge < -0.3 is 5.32 Å². The Labute approximate surface area is 92.9 Å². The van der Waals surface area contributed by atoms with Gasteiger partial charge >= 0.3 is 0 Å². The lowest BCUT2D eigenvalue weighted by atomic mass is 10.3. The summed E-state index contributed by atoms with van der Waals surface area (Å²) in [6, 6.07) is 7.53. The van der Waals surface area contributed by atoms with E-state index in [4.69, 9.17) is 5.84 Å². The molecule has 0 fully saturated rings. The summed E-state index contributed by atoms with van der Waals surface area (Å²) in [4.78, 5) is 12.2. The van der Waals surface area contributed by atoms with Crippen LogP contribution in [0.1, 0.15) is 5.69 Å². The van der Waals surface area contributed by atoms with Crippen molar-refractivity contribution in [1.82, 2.24) is 15.0 Å². The van der Waals surface area contributed by atoms with Crippen molar-refractivity contribution in [2.45, 2.75) is 6.54 Å². The highest BCUT2D eigenvalue weighted by atomic mass is 15.3. The quantitative estimate of drug-likeness (QED) is 0.516. The molecule has 16 heavy (non-hydrogen) atoms. The van der Waals surface area contributed by atoms with E-state index in [0.717, 1.165) is 5.69 Å². The number of hydrogen-bond acceptors (Lipinski definition) is 6. The Kier molecular flexibility index (Phi) is 3.25. The second kappa shape index (κ2) is 5.04. The minimum atomic E-state index is 0.381. The Morgan fingerprint density at radius 1 is 1.12 bits per heavy atom. The second-order valence-electron chi connectivity index (χ2n) is 3.08. The molecular weight excluding hydrogens is 204 g/mol. The minimum absolute atomic E-state index is 0.381. The van der Waals surface area contributed by atoms with Gasteiger partial charge in [-0.25, -0.2) is 10.8 Å². The average Bonchev–Trinajstić information content (AvgIpc) is 2.38. The molecule has 0 spiro atoms. The predicted molar refractivity (Wildman–Crippen MR) is 61.4 cm³/mol. The second-order valence-corrected chi connectivity index (χ2v) is 3.08. The molecule has 6 heteroatoms. The van der Waals surface area contributed by atoms with E-state index in [1.165, 1.54) is 0 Å². The largest absolute Gasteiger partial charge is 0.364 e. The first-order chi connectivity index (χ1) is 7.88. The van der Waals surface area contributed by atoms with Gasteiger partial charge in [-0.15, -0.1) is 0 Å². The fraction of sp³-hybridized carbons (Fsp3) is 0.100. The number of aromatic nitrogens is 3. The van der Waals surface area contributed by atoms with Crippen LogP contribution in [-0.4, -0.2) is 15.0 Å². The van der Waals surface area contributed by atoms with Crippen LogP contribution in [0.2, 0.25) is 0 Å². The van der Waals surface area contributed by atoms with Crippen molar-refractivity contribution in [2.75, 3.05) is 10.7 Å². The lowest BCUT2D eigenvalue weighted by Gasteiger charge is -2.05. The van der Waals surface area contributed by atoms with E-state index in [1.807, 2.05) is 18.2 Å². The van der Waals surface area contributed by atoms with E-state index in [9.17, 15) is 0 Å². The SMILES string of the molecule is NNc1nccc(NCc2ccccn2)n1. The number of pyridine rings is 1. The summed E-state index contributed by atoms with van der Waals surface area (Å²) in [5, 5.41) is 3.13. The molecule has 0 amide bonds. The number of hydrogen-bond donors (Lipinski definition) is 3. The van der Waals surface area contributed by atoms with Crippen molar-refractivity contribution >= 4 is 11.8 Å². The predicted octanol–water partition coefficient (Wildman–Crippen LogP) is 0.769. The van der Waals surface area contributed by atoms with Crippen molar-refractivity contribution in [3.8, 4) is 0 Å². The van der Waals surface area contributed by atoms with Crippen LogP contribution in [0.5, 0.6) is 0 Å². The molecule has 0 atom stereocenters. The van der Waals surface area contributed by atoms with Crippen LogP contribution in [0.4, 0.5) is 11.8 Å². The Bertz CT molecular complexity index is 444. The summed E-state index contributed by atoms with van der Waals surface area (Å²) >= 11 is 0. The molecule has 2 aromatic rings. The molecule has 2 rings (SSSR count). The van der Waals surface area contributed by atoms with Gasteiger partial charge in [-0.3, -0.25) is 10.4 Å². The van der Waals surface area contributed by atoms with Crippen molar-refractivity contribution in [2.24, 2.45) is 5.84 Å². The van der Waals surface area contributed by atoms with Crippen LogP contribution in [0.15, 0.2) is 36.7 Å². The maximum absolute atomic E-state index is 5.21.